The second-order valence-electron chi connectivity index (χ2n) is 20.3. The van der Waals surface area contributed by atoms with Crippen molar-refractivity contribution < 1.29 is 116 Å². The van der Waals surface area contributed by atoms with Gasteiger partial charge in [-0.05, 0) is 41.5 Å². The molecule has 6 rings (SSSR count). The number of aliphatic hydroxyl groups is 4. The fourth-order valence-corrected chi connectivity index (χ4v) is 10.0. The molecule has 0 bridgehead atoms. The maximum absolute atomic E-state index is 12.5. The number of hydrogen-bond donors (Lipinski definition) is 6. The third-order valence-corrected chi connectivity index (χ3v) is 14.5. The number of nitrogens with one attached hydrogen (secondary N) is 2. The van der Waals surface area contributed by atoms with E-state index in [-0.39, 0.29) is 152 Å². The molecule has 0 aliphatic carbocycles. The van der Waals surface area contributed by atoms with Gasteiger partial charge in [-0.25, -0.2) is 28.8 Å². The molecule has 38 nitrogen and oxygen atoms in total. The van der Waals surface area contributed by atoms with Crippen molar-refractivity contribution in [2.75, 3.05) is 210 Å². The van der Waals surface area contributed by atoms with Crippen LogP contribution in [-0.2, 0) is 66.5 Å². The Bertz CT molecular complexity index is 2060. The number of carbonyl (C=O) groups excluding carboxylic acids is 9. The van der Waals surface area contributed by atoms with E-state index in [0.717, 1.165) is 0 Å². The number of carbonyl (C=O) groups is 9. The van der Waals surface area contributed by atoms with Gasteiger partial charge in [0.2, 0.25) is 11.8 Å². The average Bonchev–Trinajstić information content (AvgIpc) is 1.59. The maximum Gasteiger partial charge on any atom is 0.325 e. The predicted octanol–water partition coefficient (Wildman–Crippen LogP) is -1.86. The van der Waals surface area contributed by atoms with E-state index in [9.17, 15) is 53.7 Å². The number of urea groups is 6. The molecule has 0 aromatic rings. The van der Waals surface area contributed by atoms with Crippen molar-refractivity contribution >= 4 is 54.8 Å². The van der Waals surface area contributed by atoms with Crippen LogP contribution in [0.5, 0.6) is 0 Å². The minimum Gasteiger partial charge on any atom is -0.395 e. The molecule has 14 amide bonds. The first-order valence-electron chi connectivity index (χ1n) is 30.5. The number of rotatable bonds is 34. The van der Waals surface area contributed by atoms with Gasteiger partial charge in [0, 0.05) is 124 Å². The molecule has 6 atom stereocenters. The van der Waals surface area contributed by atoms with Gasteiger partial charge in [0.15, 0.2) is 24.8 Å². The van der Waals surface area contributed by atoms with E-state index in [1.165, 1.54) is 64.9 Å². The summed E-state index contributed by atoms with van der Waals surface area (Å²) in [6, 6.07) is -1.60. The van der Waals surface area contributed by atoms with Crippen LogP contribution in [-0.4, -0.2) is 393 Å². The molecule has 0 radical (unpaired) electrons. The fourth-order valence-electron chi connectivity index (χ4n) is 10.0. The van der Waals surface area contributed by atoms with Gasteiger partial charge in [-0.2, -0.15) is 0 Å². The van der Waals surface area contributed by atoms with Crippen molar-refractivity contribution in [2.45, 2.75) is 104 Å². The molecule has 6 saturated heterocycles. The summed E-state index contributed by atoms with van der Waals surface area (Å²) in [5, 5.41) is 41.6. The van der Waals surface area contributed by atoms with Gasteiger partial charge in [-0.3, -0.25) is 43.9 Å². The Labute approximate surface area is 552 Å². The first kappa shape index (κ1) is 87.6. The highest BCUT2D eigenvalue weighted by atomic mass is 16.5. The summed E-state index contributed by atoms with van der Waals surface area (Å²) >= 11 is 0. The summed E-state index contributed by atoms with van der Waals surface area (Å²) < 4.78 is 55.5. The monoisotopic (exact) mass is 1360 g/mol. The Kier molecular flexibility index (Phi) is 45.9. The van der Waals surface area contributed by atoms with Gasteiger partial charge in [-0.1, -0.05) is 0 Å². The van der Waals surface area contributed by atoms with E-state index >= 15 is 0 Å². The van der Waals surface area contributed by atoms with E-state index in [0.29, 0.717) is 72.6 Å². The quantitative estimate of drug-likeness (QED) is 0.0304. The van der Waals surface area contributed by atoms with Gasteiger partial charge in [0.1, 0.15) is 72.3 Å². The third kappa shape index (κ3) is 25.0. The minimum atomic E-state index is -0.593. The largest absolute Gasteiger partial charge is 0.395 e. The Morgan fingerprint density at radius 3 is 1.28 bits per heavy atom. The van der Waals surface area contributed by atoms with E-state index in [2.05, 4.69) is 15.4 Å². The van der Waals surface area contributed by atoms with Crippen molar-refractivity contribution in [1.29, 1.82) is 0 Å². The summed E-state index contributed by atoms with van der Waals surface area (Å²) in [6.07, 6.45) is -1.64. The van der Waals surface area contributed by atoms with Crippen LogP contribution in [0.4, 0.5) is 28.8 Å². The van der Waals surface area contributed by atoms with E-state index in [4.69, 9.17) is 57.3 Å². The molecule has 38 heteroatoms. The third-order valence-electron chi connectivity index (χ3n) is 14.5. The second kappa shape index (κ2) is 49.2. The predicted molar refractivity (Wildman–Crippen MR) is 334 cm³/mol. The van der Waals surface area contributed by atoms with Gasteiger partial charge < -0.3 is 112 Å². The number of fused-ring (bicyclic) bond motifs is 2. The minimum absolute atomic E-state index is 0.0163. The molecular formula is C56H110N14O24. The highest BCUT2D eigenvalue weighted by Gasteiger charge is 2.59. The Hall–Kier alpha value is -6.37. The molecule has 6 fully saturated rings. The molecule has 6 unspecified atom stereocenters. The van der Waals surface area contributed by atoms with Crippen LogP contribution in [0.1, 0.15) is 54.4 Å². The number of likely N-dealkylation sites (N-methyl/N-ethyl adjacent to an activating group) is 4. The van der Waals surface area contributed by atoms with Crippen LogP contribution in [0, 0.1) is 0 Å². The first-order chi connectivity index (χ1) is 45.1. The topological polar surface area (TPSA) is 399 Å². The van der Waals surface area contributed by atoms with E-state index < -0.39 is 24.6 Å². The second-order valence-corrected chi connectivity index (χ2v) is 20.3. The summed E-state index contributed by atoms with van der Waals surface area (Å²) in [5.41, 5.74) is 0. The zero-order valence-corrected chi connectivity index (χ0v) is 57.9. The van der Waals surface area contributed by atoms with Gasteiger partial charge in [-0.15, -0.1) is 0 Å². The number of methoxy groups -OCH3 is 6. The van der Waals surface area contributed by atoms with Gasteiger partial charge >= 0.3 is 36.2 Å². The van der Waals surface area contributed by atoms with Crippen LogP contribution in [0.3, 0.4) is 0 Å². The van der Waals surface area contributed by atoms with Crippen LogP contribution in [0.15, 0.2) is 0 Å². The van der Waals surface area contributed by atoms with Crippen LogP contribution < -0.4 is 10.6 Å². The zero-order chi connectivity index (χ0) is 71.6. The van der Waals surface area contributed by atoms with Crippen LogP contribution in [0.25, 0.3) is 0 Å². The number of nitrogens with zero attached hydrogens (tertiary/aromatic N) is 12. The lowest BCUT2D eigenvalue weighted by molar-refractivity contribution is -0.124. The molecule has 0 aromatic heterocycles. The molecule has 0 saturated carbocycles. The number of ether oxygens (including phenoxy) is 11. The standard InChI is InChI=1S/C12H22N4O6.C10H18N4O3.C10H20N2O3.C9H18N2O5.C8H17NO3.C6H13NO3.CH2O/c1-21-7-15-10-9(13(3-5-17)11(15)19)14(4-6-18)12(20)16(10)8-22-2;1-5-17-6-14-8-7(12(3)10(14)16)11(2)9(15)13(8)4;1-5-14-7-12-9(15-6-2)8(3)11(4)10(12)13;1-15-6-11-8(16-2)7(5-13)10(3-4-12)9(11)14;1-3-11-6-5-8(10)9-7-12-4-2;1-9-4-3-6(8)7-5-10-2;1-2/h9-10,17-18H,3-8H2,1-2H3;7-8H,5-6H2,1-4H3;8-9H,5-7H2,1-4H3;7-8,12-13H,3-6H2,1-2H3;3-7H2,1-2H3,(H,9,10);3-5H2,1-2H3,(H,7,8);1H2. The van der Waals surface area contributed by atoms with Crippen molar-refractivity contribution in [3.8, 4) is 0 Å². The molecule has 6 aliphatic rings. The fraction of sp³-hybridized carbons (Fsp3) is 0.839. The summed E-state index contributed by atoms with van der Waals surface area (Å²) in [7, 11) is 15.8. The van der Waals surface area contributed by atoms with Crippen molar-refractivity contribution in [3.63, 3.8) is 0 Å². The Morgan fingerprint density at radius 2 is 0.830 bits per heavy atom. The summed E-state index contributed by atoms with van der Waals surface area (Å²) in [4.78, 5) is 120. The van der Waals surface area contributed by atoms with Crippen molar-refractivity contribution in [3.05, 3.63) is 0 Å². The number of aliphatic hydroxyl groups excluding tert-OH is 4. The molecule has 6 heterocycles. The molecule has 0 spiro atoms. The molecule has 0 aromatic carbocycles. The maximum atomic E-state index is 12.5. The normalized spacial score (nSPS) is 21.8. The van der Waals surface area contributed by atoms with E-state index in [1.54, 1.807) is 64.7 Å². The zero-order valence-electron chi connectivity index (χ0n) is 57.9. The smallest absolute Gasteiger partial charge is 0.325 e. The Balaban J connectivity index is 0.00000112. The van der Waals surface area contributed by atoms with Crippen LogP contribution >= 0.6 is 0 Å². The molecule has 94 heavy (non-hydrogen) atoms. The SMILES string of the molecule is C=O.CCOCCC(=O)NCOCC.CCOCN1C(=O)N(C)C(C)C1OCC.CCOCN1C(=O)N(C)C2C1N(C)C(=O)N2C.COCCC(=O)NCOC.COCN1C(=O)N(CCO)C(CO)C1OC.COCN1C(=O)N(CCO)C2C1N(COC)C(=O)N2CCO. The average molecular weight is 1360 g/mol. The number of β-amino-alcohol motifs (C(OH)–C–C–N with tert-alkyl or cyclic N) is 3. The Morgan fingerprint density at radius 1 is 0.426 bits per heavy atom. The summed E-state index contributed by atoms with van der Waals surface area (Å²) in [5.74, 6) is -0.0828. The molecule has 6 aliphatic heterocycles. The lowest BCUT2D eigenvalue weighted by Crippen LogP contribution is -2.48. The van der Waals surface area contributed by atoms with E-state index in [1.807, 2.05) is 48.3 Å². The lowest BCUT2D eigenvalue weighted by Gasteiger charge is -2.28. The summed E-state index contributed by atoms with van der Waals surface area (Å²) in [6.45, 7) is 18.1. The molecule has 6 N–H and O–H groups in total. The highest BCUT2D eigenvalue weighted by molar-refractivity contribution is 5.86. The highest BCUT2D eigenvalue weighted by Crippen LogP contribution is 2.35. The van der Waals surface area contributed by atoms with Crippen molar-refractivity contribution in [2.24, 2.45) is 0 Å². The number of amides is 14. The van der Waals surface area contributed by atoms with Crippen molar-refractivity contribution in [1.82, 2.24) is 69.4 Å². The lowest BCUT2D eigenvalue weighted by atomic mass is 10.2. The van der Waals surface area contributed by atoms with Crippen LogP contribution in [0.2, 0.25) is 0 Å². The number of hydrogen-bond acceptors (Lipinski definition) is 24. The first-order valence-corrected chi connectivity index (χ1v) is 30.5. The van der Waals surface area contributed by atoms with Gasteiger partial charge in [0.25, 0.3) is 0 Å². The molecular weight excluding hydrogens is 1250 g/mol. The molecule has 548 valence electrons. The van der Waals surface area contributed by atoms with Gasteiger partial charge in [0.05, 0.1) is 58.5 Å².